The average molecular weight is 1090 g/mol. The summed E-state index contributed by atoms with van der Waals surface area (Å²) >= 11 is 0. The van der Waals surface area contributed by atoms with E-state index < -0.39 is 0 Å². The van der Waals surface area contributed by atoms with Gasteiger partial charge in [0.1, 0.15) is 0 Å². The van der Waals surface area contributed by atoms with Gasteiger partial charge < -0.3 is 80.5 Å². The first-order chi connectivity index (χ1) is 37.4. The first kappa shape index (κ1) is 74.3. The highest BCUT2D eigenvalue weighted by atomic mass is 16.6. The molecule has 0 atom stereocenters. The van der Waals surface area contributed by atoms with E-state index in [0.29, 0.717) is 211 Å². The summed E-state index contributed by atoms with van der Waals surface area (Å²) in [4.78, 5) is 0. The van der Waals surface area contributed by atoms with Crippen LogP contribution in [-0.4, -0.2) is 225 Å². The molecule has 17 heteroatoms. The summed E-state index contributed by atoms with van der Waals surface area (Å²) in [6.07, 6.45) is 29.7. The maximum atomic E-state index is 5.68. The monoisotopic (exact) mass is 1090 g/mol. The molecule has 0 spiro atoms. The Morgan fingerprint density at radius 3 is 0.320 bits per heavy atom. The Hall–Kier alpha value is -0.680. The van der Waals surface area contributed by atoms with Gasteiger partial charge in [0.05, 0.1) is 211 Å². The van der Waals surface area contributed by atoms with Crippen LogP contribution in [-0.2, 0) is 80.5 Å². The summed E-state index contributed by atoms with van der Waals surface area (Å²) in [5, 5.41) is 0. The van der Waals surface area contributed by atoms with Crippen molar-refractivity contribution in [1.29, 1.82) is 0 Å². The van der Waals surface area contributed by atoms with E-state index in [1.807, 2.05) is 0 Å². The second kappa shape index (κ2) is 73.3. The lowest BCUT2D eigenvalue weighted by Gasteiger charge is -2.09. The van der Waals surface area contributed by atoms with E-state index in [9.17, 15) is 0 Å². The van der Waals surface area contributed by atoms with Crippen molar-refractivity contribution in [3.05, 3.63) is 0 Å². The van der Waals surface area contributed by atoms with Gasteiger partial charge in [0, 0.05) is 13.2 Å². The van der Waals surface area contributed by atoms with E-state index in [-0.39, 0.29) is 0 Å². The van der Waals surface area contributed by atoms with Crippen LogP contribution in [0.15, 0.2) is 0 Å². The highest BCUT2D eigenvalue weighted by Gasteiger charge is 2.00. The fraction of sp³-hybridized carbons (Fsp3) is 1.00. The van der Waals surface area contributed by atoms with E-state index in [1.54, 1.807) is 0 Å². The number of ether oxygens (including phenoxy) is 17. The molecule has 0 aliphatic rings. The van der Waals surface area contributed by atoms with Gasteiger partial charge in [-0.15, -0.1) is 0 Å². The van der Waals surface area contributed by atoms with Crippen LogP contribution in [0, 0.1) is 0 Å². The quantitative estimate of drug-likeness (QED) is 0.0530. The molecule has 0 rings (SSSR count). The Labute approximate surface area is 458 Å². The van der Waals surface area contributed by atoms with Crippen molar-refractivity contribution < 1.29 is 80.5 Å². The highest BCUT2D eigenvalue weighted by molar-refractivity contribution is 4.50. The van der Waals surface area contributed by atoms with E-state index >= 15 is 0 Å². The first-order valence-corrected chi connectivity index (χ1v) is 30.2. The minimum absolute atomic E-state index is 0.503. The van der Waals surface area contributed by atoms with Gasteiger partial charge in [-0.3, -0.25) is 0 Å². The summed E-state index contributed by atoms with van der Waals surface area (Å²) in [5.74, 6) is 0. The largest absolute Gasteiger partial charge is 0.379 e. The van der Waals surface area contributed by atoms with Gasteiger partial charge in [0.15, 0.2) is 0 Å². The molecule has 0 aromatic carbocycles. The fourth-order valence-corrected chi connectivity index (χ4v) is 7.36. The van der Waals surface area contributed by atoms with Crippen LogP contribution in [0.4, 0.5) is 0 Å². The highest BCUT2D eigenvalue weighted by Crippen LogP contribution is 2.12. The maximum Gasteiger partial charge on any atom is 0.0701 e. The smallest absolute Gasteiger partial charge is 0.0701 e. The standard InChI is InChI=1S/C58H118O17/c1-3-5-7-9-11-13-15-17-19-21-23-25-59-27-29-61-31-33-63-35-37-65-39-41-67-43-45-69-47-49-71-51-53-73-55-57-75-58-56-74-54-52-72-50-48-70-46-44-68-42-40-66-38-36-64-34-32-62-30-28-60-26-24-22-20-18-16-14-12-10-8-6-4-2/h3-58H2,1-2H3. The summed E-state index contributed by atoms with van der Waals surface area (Å²) in [6.45, 7) is 23.3. The van der Waals surface area contributed by atoms with Crippen LogP contribution in [0.2, 0.25) is 0 Å². The maximum absolute atomic E-state index is 5.68. The second-order valence-electron chi connectivity index (χ2n) is 18.5. The van der Waals surface area contributed by atoms with Crippen molar-refractivity contribution in [2.75, 3.05) is 225 Å². The van der Waals surface area contributed by atoms with Gasteiger partial charge in [-0.1, -0.05) is 142 Å². The lowest BCUT2D eigenvalue weighted by molar-refractivity contribution is -0.0307. The van der Waals surface area contributed by atoms with Crippen molar-refractivity contribution in [3.63, 3.8) is 0 Å². The lowest BCUT2D eigenvalue weighted by Crippen LogP contribution is -2.16. The third kappa shape index (κ3) is 73.3. The van der Waals surface area contributed by atoms with Gasteiger partial charge in [-0.2, -0.15) is 0 Å². The van der Waals surface area contributed by atoms with E-state index in [4.69, 9.17) is 80.5 Å². The molecule has 0 amide bonds. The normalized spacial score (nSPS) is 11.8. The minimum atomic E-state index is 0.503. The molecule has 0 aromatic rings. The summed E-state index contributed by atoms with van der Waals surface area (Å²) in [5.41, 5.74) is 0. The molecule has 0 fully saturated rings. The number of unbranched alkanes of at least 4 members (excludes halogenated alkanes) is 20. The molecule has 452 valence electrons. The minimum Gasteiger partial charge on any atom is -0.379 e. The zero-order valence-corrected chi connectivity index (χ0v) is 48.5. The van der Waals surface area contributed by atoms with Gasteiger partial charge in [-0.25, -0.2) is 0 Å². The predicted octanol–water partition coefficient (Wildman–Crippen LogP) is 9.89. The Morgan fingerprint density at radius 1 is 0.107 bits per heavy atom. The van der Waals surface area contributed by atoms with Crippen molar-refractivity contribution in [2.24, 2.45) is 0 Å². The Bertz CT molecular complexity index is 890. The number of hydrogen-bond acceptors (Lipinski definition) is 17. The van der Waals surface area contributed by atoms with Crippen LogP contribution in [0.5, 0.6) is 0 Å². The van der Waals surface area contributed by atoms with Crippen LogP contribution in [0.3, 0.4) is 0 Å². The molecular formula is C58H118O17. The number of rotatable bonds is 72. The second-order valence-corrected chi connectivity index (χ2v) is 18.5. The van der Waals surface area contributed by atoms with Crippen molar-refractivity contribution in [2.45, 2.75) is 155 Å². The van der Waals surface area contributed by atoms with Gasteiger partial charge in [0.25, 0.3) is 0 Å². The van der Waals surface area contributed by atoms with Gasteiger partial charge in [0.2, 0.25) is 0 Å². The predicted molar refractivity (Wildman–Crippen MR) is 297 cm³/mol. The summed E-state index contributed by atoms with van der Waals surface area (Å²) in [7, 11) is 0. The van der Waals surface area contributed by atoms with E-state index in [2.05, 4.69) is 13.8 Å². The van der Waals surface area contributed by atoms with Crippen LogP contribution in [0.25, 0.3) is 0 Å². The van der Waals surface area contributed by atoms with Crippen LogP contribution >= 0.6 is 0 Å². The lowest BCUT2D eigenvalue weighted by atomic mass is 10.1. The van der Waals surface area contributed by atoms with Crippen LogP contribution in [0.1, 0.15) is 155 Å². The molecule has 0 unspecified atom stereocenters. The first-order valence-electron chi connectivity index (χ1n) is 30.2. The number of hydrogen-bond donors (Lipinski definition) is 0. The molecule has 0 bridgehead atoms. The zero-order valence-electron chi connectivity index (χ0n) is 48.5. The molecular weight excluding hydrogens is 969 g/mol. The molecule has 0 saturated carbocycles. The van der Waals surface area contributed by atoms with Gasteiger partial charge >= 0.3 is 0 Å². The molecule has 0 aromatic heterocycles. The zero-order chi connectivity index (χ0) is 53.6. The Kier molecular flexibility index (Phi) is 72.7. The Balaban J connectivity index is 3.07. The molecule has 0 radical (unpaired) electrons. The van der Waals surface area contributed by atoms with Crippen LogP contribution < -0.4 is 0 Å². The molecule has 0 aliphatic carbocycles. The molecule has 17 nitrogen and oxygen atoms in total. The third-order valence-corrected chi connectivity index (χ3v) is 11.7. The van der Waals surface area contributed by atoms with Crippen molar-refractivity contribution >= 4 is 0 Å². The average Bonchev–Trinajstić information content (AvgIpc) is 3.42. The van der Waals surface area contributed by atoms with Crippen molar-refractivity contribution in [3.8, 4) is 0 Å². The Morgan fingerprint density at radius 2 is 0.200 bits per heavy atom. The molecule has 0 heterocycles. The van der Waals surface area contributed by atoms with Gasteiger partial charge in [-0.05, 0) is 12.8 Å². The third-order valence-electron chi connectivity index (χ3n) is 11.7. The summed E-state index contributed by atoms with van der Waals surface area (Å²) in [6, 6.07) is 0. The molecule has 75 heavy (non-hydrogen) atoms. The fourth-order valence-electron chi connectivity index (χ4n) is 7.36. The van der Waals surface area contributed by atoms with E-state index in [0.717, 1.165) is 26.1 Å². The summed E-state index contributed by atoms with van der Waals surface area (Å²) < 4.78 is 94.5. The SMILES string of the molecule is CCCCCCCCCCCCCOCCOCCOCCOCCOCCOCCOCCOCCOCCOCCOCCOCCOCCOCCOCCOCCOCCCCCCCCCCCCC. The van der Waals surface area contributed by atoms with Crippen molar-refractivity contribution in [1.82, 2.24) is 0 Å². The topological polar surface area (TPSA) is 157 Å². The molecule has 0 aliphatic heterocycles. The van der Waals surface area contributed by atoms with E-state index in [1.165, 1.54) is 128 Å². The molecule has 0 N–H and O–H groups in total. The molecule has 0 saturated heterocycles.